The average Bonchev–Trinajstić information content (AvgIpc) is 2.17. The first-order valence-electron chi connectivity index (χ1n) is 4.91. The lowest BCUT2D eigenvalue weighted by Gasteiger charge is -2.32. The van der Waals surface area contributed by atoms with Crippen molar-refractivity contribution in [1.82, 2.24) is 0 Å². The molecule has 2 heteroatoms. The van der Waals surface area contributed by atoms with Crippen molar-refractivity contribution in [3.05, 3.63) is 36.0 Å². The van der Waals surface area contributed by atoms with Crippen molar-refractivity contribution in [1.29, 1.82) is 0 Å². The van der Waals surface area contributed by atoms with Gasteiger partial charge in [0.1, 0.15) is 12.4 Å². The van der Waals surface area contributed by atoms with Crippen molar-refractivity contribution in [3.63, 3.8) is 0 Å². The van der Waals surface area contributed by atoms with Crippen LogP contribution in [0.4, 0.5) is 5.69 Å². The minimum absolute atomic E-state index is 0.601. The lowest BCUT2D eigenvalue weighted by atomic mass is 10.1. The third-order valence-corrected chi connectivity index (χ3v) is 2.50. The maximum atomic E-state index is 5.58. The molecule has 0 fully saturated rings. The van der Waals surface area contributed by atoms with Crippen LogP contribution in [-0.2, 0) is 0 Å². The topological polar surface area (TPSA) is 12.5 Å². The van der Waals surface area contributed by atoms with E-state index in [4.69, 9.17) is 4.74 Å². The monoisotopic (exact) mass is 189 g/mol. The van der Waals surface area contributed by atoms with Crippen LogP contribution in [0.3, 0.4) is 0 Å². The Morgan fingerprint density at radius 1 is 1.50 bits per heavy atom. The van der Waals surface area contributed by atoms with Gasteiger partial charge in [-0.15, -0.1) is 0 Å². The Bertz CT molecular complexity index is 371. The number of hydrogen-bond donors (Lipinski definition) is 0. The maximum absolute atomic E-state index is 5.58. The summed E-state index contributed by atoms with van der Waals surface area (Å²) in [6, 6.07) is 6.24. The normalized spacial score (nSPS) is 15.0. The Morgan fingerprint density at radius 3 is 3.00 bits per heavy atom. The molecule has 2 nitrogen and oxygen atoms in total. The molecule has 0 spiro atoms. The Balaban J connectivity index is 2.49. The highest BCUT2D eigenvalue weighted by atomic mass is 16.5. The van der Waals surface area contributed by atoms with Gasteiger partial charge in [-0.2, -0.15) is 0 Å². The van der Waals surface area contributed by atoms with E-state index in [-0.39, 0.29) is 0 Å². The lowest BCUT2D eigenvalue weighted by molar-refractivity contribution is 0.336. The van der Waals surface area contributed by atoms with Crippen LogP contribution in [-0.4, -0.2) is 13.2 Å². The van der Waals surface area contributed by atoms with Gasteiger partial charge in [0, 0.05) is 12.2 Å². The summed E-state index contributed by atoms with van der Waals surface area (Å²) in [5.74, 6) is 0.963. The first-order valence-corrected chi connectivity index (χ1v) is 4.91. The Kier molecular flexibility index (Phi) is 2.20. The minimum atomic E-state index is 0.601. The Labute approximate surface area is 84.8 Å². The fourth-order valence-electron chi connectivity index (χ4n) is 1.76. The van der Waals surface area contributed by atoms with Gasteiger partial charge in [-0.25, -0.2) is 0 Å². The summed E-state index contributed by atoms with van der Waals surface area (Å²) in [5, 5.41) is 0. The van der Waals surface area contributed by atoms with Crippen molar-refractivity contribution in [2.45, 2.75) is 13.8 Å². The number of likely N-dealkylation sites (N-methyl/N-ethyl adjacent to an activating group) is 1. The fraction of sp³-hybridized carbons (Fsp3) is 0.333. The minimum Gasteiger partial charge on any atom is -0.485 e. The van der Waals surface area contributed by atoms with Crippen molar-refractivity contribution in [2.24, 2.45) is 0 Å². The molecule has 0 saturated carbocycles. The van der Waals surface area contributed by atoms with Gasteiger partial charge in [0.15, 0.2) is 0 Å². The van der Waals surface area contributed by atoms with Crippen LogP contribution in [0.2, 0.25) is 0 Å². The Hall–Kier alpha value is -1.44. The van der Waals surface area contributed by atoms with Crippen LogP contribution < -0.4 is 9.64 Å². The van der Waals surface area contributed by atoms with Crippen molar-refractivity contribution in [3.8, 4) is 5.75 Å². The van der Waals surface area contributed by atoms with Gasteiger partial charge in [0.2, 0.25) is 0 Å². The number of hydrogen-bond acceptors (Lipinski definition) is 2. The molecule has 1 aromatic rings. The quantitative estimate of drug-likeness (QED) is 0.673. The van der Waals surface area contributed by atoms with E-state index in [9.17, 15) is 0 Å². The molecule has 0 bridgehead atoms. The third kappa shape index (κ3) is 1.37. The number of benzene rings is 1. The molecular formula is C12H15NO. The molecular weight excluding hydrogens is 174 g/mol. The maximum Gasteiger partial charge on any atom is 0.143 e. The fourth-order valence-corrected chi connectivity index (χ4v) is 1.76. The molecule has 1 aliphatic heterocycles. The van der Waals surface area contributed by atoms with E-state index in [0.29, 0.717) is 6.61 Å². The second-order valence-corrected chi connectivity index (χ2v) is 3.57. The smallest absolute Gasteiger partial charge is 0.143 e. The van der Waals surface area contributed by atoms with E-state index < -0.39 is 0 Å². The molecule has 0 aliphatic carbocycles. The summed E-state index contributed by atoms with van der Waals surface area (Å²) >= 11 is 0. The van der Waals surface area contributed by atoms with Gasteiger partial charge in [-0.1, -0.05) is 12.6 Å². The summed E-state index contributed by atoms with van der Waals surface area (Å²) in [7, 11) is 0. The largest absolute Gasteiger partial charge is 0.485 e. The van der Waals surface area contributed by atoms with E-state index in [1.165, 1.54) is 5.56 Å². The van der Waals surface area contributed by atoms with Gasteiger partial charge < -0.3 is 9.64 Å². The number of aryl methyl sites for hydroxylation is 1. The number of anilines is 1. The predicted octanol–water partition coefficient (Wildman–Crippen LogP) is 2.73. The molecule has 0 radical (unpaired) electrons. The zero-order valence-corrected chi connectivity index (χ0v) is 8.71. The molecule has 14 heavy (non-hydrogen) atoms. The second-order valence-electron chi connectivity index (χ2n) is 3.57. The first kappa shape index (κ1) is 9.13. The summed E-state index contributed by atoms with van der Waals surface area (Å²) in [6.45, 7) is 9.76. The number of fused-ring (bicyclic) bond motifs is 1. The first-order chi connectivity index (χ1) is 6.72. The van der Waals surface area contributed by atoms with Crippen LogP contribution in [0.5, 0.6) is 5.75 Å². The van der Waals surface area contributed by atoms with Crippen LogP contribution in [0.1, 0.15) is 12.5 Å². The van der Waals surface area contributed by atoms with Crippen molar-refractivity contribution in [2.75, 3.05) is 18.1 Å². The van der Waals surface area contributed by atoms with E-state index in [1.54, 1.807) is 0 Å². The van der Waals surface area contributed by atoms with E-state index in [2.05, 4.69) is 37.5 Å². The van der Waals surface area contributed by atoms with Gasteiger partial charge in [0.05, 0.1) is 5.69 Å². The molecule has 0 aromatic heterocycles. The summed E-state index contributed by atoms with van der Waals surface area (Å²) in [6.07, 6.45) is 0. The van der Waals surface area contributed by atoms with Crippen LogP contribution >= 0.6 is 0 Å². The number of rotatable bonds is 1. The Morgan fingerprint density at radius 2 is 2.29 bits per heavy atom. The molecule has 0 amide bonds. The average molecular weight is 189 g/mol. The standard InChI is InChI=1S/C12H15NO/c1-4-13-10(3)8-14-12-6-5-9(2)7-11(12)13/h5-7H,3-4,8H2,1-2H3. The number of nitrogens with zero attached hydrogens (tertiary/aromatic N) is 1. The highest BCUT2D eigenvalue weighted by molar-refractivity contribution is 5.65. The van der Waals surface area contributed by atoms with Crippen molar-refractivity contribution >= 4 is 5.69 Å². The van der Waals surface area contributed by atoms with E-state index >= 15 is 0 Å². The molecule has 0 N–H and O–H groups in total. The molecule has 2 rings (SSSR count). The van der Waals surface area contributed by atoms with Gasteiger partial charge >= 0.3 is 0 Å². The lowest BCUT2D eigenvalue weighted by Crippen LogP contribution is -2.29. The number of ether oxygens (including phenoxy) is 1. The van der Waals surface area contributed by atoms with Crippen LogP contribution in [0.25, 0.3) is 0 Å². The summed E-state index contributed by atoms with van der Waals surface area (Å²) in [4.78, 5) is 2.20. The molecule has 0 saturated heterocycles. The SMILES string of the molecule is C=C1COc2ccc(C)cc2N1CC. The van der Waals surface area contributed by atoms with Crippen LogP contribution in [0, 0.1) is 6.92 Å². The zero-order chi connectivity index (χ0) is 10.1. The molecule has 74 valence electrons. The highest BCUT2D eigenvalue weighted by Crippen LogP contribution is 2.35. The summed E-state index contributed by atoms with van der Waals surface area (Å²) in [5.41, 5.74) is 3.43. The molecule has 1 aromatic carbocycles. The molecule has 0 atom stereocenters. The van der Waals surface area contributed by atoms with E-state index in [0.717, 1.165) is 23.7 Å². The van der Waals surface area contributed by atoms with Crippen molar-refractivity contribution < 1.29 is 4.74 Å². The van der Waals surface area contributed by atoms with Gasteiger partial charge in [-0.3, -0.25) is 0 Å². The van der Waals surface area contributed by atoms with Gasteiger partial charge in [0.25, 0.3) is 0 Å². The predicted molar refractivity (Wildman–Crippen MR) is 58.8 cm³/mol. The third-order valence-electron chi connectivity index (χ3n) is 2.50. The highest BCUT2D eigenvalue weighted by Gasteiger charge is 2.19. The van der Waals surface area contributed by atoms with E-state index in [1.807, 2.05) is 6.07 Å². The van der Waals surface area contributed by atoms with Gasteiger partial charge in [-0.05, 0) is 31.5 Å². The molecule has 0 unspecified atom stereocenters. The molecule has 1 heterocycles. The zero-order valence-electron chi connectivity index (χ0n) is 8.71. The van der Waals surface area contributed by atoms with Crippen LogP contribution in [0.15, 0.2) is 30.5 Å². The summed E-state index contributed by atoms with van der Waals surface area (Å²) < 4.78 is 5.58. The molecule has 1 aliphatic rings. The second kappa shape index (κ2) is 3.37.